The fourth-order valence-electron chi connectivity index (χ4n) is 2.12. The summed E-state index contributed by atoms with van der Waals surface area (Å²) in [6.07, 6.45) is 2.70. The Morgan fingerprint density at radius 1 is 1.15 bits per heavy atom. The summed E-state index contributed by atoms with van der Waals surface area (Å²) in [6, 6.07) is 11.5. The summed E-state index contributed by atoms with van der Waals surface area (Å²) in [5.74, 6) is 0.0784. The SMILES string of the molecule is O=C(CNC(=O)c1ccco1)N/N=C\c1ccc(-c2ccc(Cl)cc2Cl)o1. The van der Waals surface area contributed by atoms with Crippen molar-refractivity contribution >= 4 is 41.2 Å². The van der Waals surface area contributed by atoms with Crippen LogP contribution in [0.2, 0.25) is 10.0 Å². The molecule has 0 radical (unpaired) electrons. The predicted octanol–water partition coefficient (Wildman–Crippen LogP) is 3.73. The van der Waals surface area contributed by atoms with E-state index in [1.165, 1.54) is 18.5 Å². The van der Waals surface area contributed by atoms with Crippen molar-refractivity contribution in [3.8, 4) is 11.3 Å². The van der Waals surface area contributed by atoms with E-state index < -0.39 is 11.8 Å². The monoisotopic (exact) mass is 405 g/mol. The molecule has 0 unspecified atom stereocenters. The molecule has 0 atom stereocenters. The normalized spacial score (nSPS) is 10.9. The number of amides is 2. The van der Waals surface area contributed by atoms with E-state index in [0.717, 1.165) is 0 Å². The van der Waals surface area contributed by atoms with Crippen LogP contribution in [-0.2, 0) is 4.79 Å². The molecule has 2 amide bonds. The number of nitrogens with zero attached hydrogens (tertiary/aromatic N) is 1. The summed E-state index contributed by atoms with van der Waals surface area (Å²) in [6.45, 7) is -0.249. The molecule has 0 spiro atoms. The van der Waals surface area contributed by atoms with E-state index in [1.54, 1.807) is 36.4 Å². The number of benzene rings is 1. The van der Waals surface area contributed by atoms with Crippen molar-refractivity contribution in [3.05, 3.63) is 70.3 Å². The van der Waals surface area contributed by atoms with Crippen LogP contribution in [-0.4, -0.2) is 24.6 Å². The number of hydrogen-bond donors (Lipinski definition) is 2. The van der Waals surface area contributed by atoms with Gasteiger partial charge in [-0.05, 0) is 42.5 Å². The van der Waals surface area contributed by atoms with Crippen molar-refractivity contribution in [2.45, 2.75) is 0 Å². The highest BCUT2D eigenvalue weighted by Gasteiger charge is 2.10. The molecule has 0 aliphatic heterocycles. The zero-order valence-electron chi connectivity index (χ0n) is 13.7. The Hall–Kier alpha value is -3.03. The van der Waals surface area contributed by atoms with Crippen LogP contribution in [0.4, 0.5) is 0 Å². The molecule has 0 saturated carbocycles. The van der Waals surface area contributed by atoms with Gasteiger partial charge in [-0.1, -0.05) is 23.2 Å². The van der Waals surface area contributed by atoms with Crippen LogP contribution in [0.3, 0.4) is 0 Å². The fourth-order valence-corrected chi connectivity index (χ4v) is 2.62. The van der Waals surface area contributed by atoms with Gasteiger partial charge in [-0.3, -0.25) is 9.59 Å². The summed E-state index contributed by atoms with van der Waals surface area (Å²) < 4.78 is 10.5. The van der Waals surface area contributed by atoms with Gasteiger partial charge in [0.1, 0.15) is 11.5 Å². The zero-order chi connectivity index (χ0) is 19.2. The number of hydrogen-bond acceptors (Lipinski definition) is 5. The predicted molar refractivity (Wildman–Crippen MR) is 101 cm³/mol. The second-order valence-electron chi connectivity index (χ2n) is 5.28. The van der Waals surface area contributed by atoms with Crippen molar-refractivity contribution in [1.82, 2.24) is 10.7 Å². The molecule has 3 aromatic rings. The highest BCUT2D eigenvalue weighted by Crippen LogP contribution is 2.31. The molecule has 138 valence electrons. The first-order chi connectivity index (χ1) is 13.0. The number of halogens is 2. The van der Waals surface area contributed by atoms with E-state index in [1.807, 2.05) is 0 Å². The van der Waals surface area contributed by atoms with Crippen LogP contribution in [0, 0.1) is 0 Å². The van der Waals surface area contributed by atoms with Gasteiger partial charge in [0.2, 0.25) is 0 Å². The number of nitrogens with one attached hydrogen (secondary N) is 2. The Labute approximate surface area is 163 Å². The quantitative estimate of drug-likeness (QED) is 0.482. The smallest absolute Gasteiger partial charge is 0.287 e. The first kappa shape index (κ1) is 18.8. The maximum Gasteiger partial charge on any atom is 0.287 e. The summed E-state index contributed by atoms with van der Waals surface area (Å²) in [5, 5.41) is 7.17. The first-order valence-electron chi connectivity index (χ1n) is 7.72. The molecule has 0 saturated heterocycles. The lowest BCUT2D eigenvalue weighted by Crippen LogP contribution is -2.34. The number of rotatable bonds is 6. The molecule has 3 rings (SSSR count). The van der Waals surface area contributed by atoms with Crippen molar-refractivity contribution < 1.29 is 18.4 Å². The van der Waals surface area contributed by atoms with Crippen LogP contribution in [0.5, 0.6) is 0 Å². The molecule has 2 aromatic heterocycles. The van der Waals surface area contributed by atoms with Gasteiger partial charge in [-0.25, -0.2) is 5.43 Å². The maximum atomic E-state index is 11.7. The van der Waals surface area contributed by atoms with Gasteiger partial charge in [-0.2, -0.15) is 5.10 Å². The van der Waals surface area contributed by atoms with Crippen molar-refractivity contribution in [2.24, 2.45) is 5.10 Å². The molecule has 2 N–H and O–H groups in total. The average molecular weight is 406 g/mol. The average Bonchev–Trinajstić information content (AvgIpc) is 3.32. The van der Waals surface area contributed by atoms with E-state index in [9.17, 15) is 9.59 Å². The lowest BCUT2D eigenvalue weighted by molar-refractivity contribution is -0.120. The lowest BCUT2D eigenvalue weighted by Gasteiger charge is -2.01. The largest absolute Gasteiger partial charge is 0.459 e. The molecule has 0 bridgehead atoms. The van der Waals surface area contributed by atoms with Crippen LogP contribution >= 0.6 is 23.2 Å². The summed E-state index contributed by atoms with van der Waals surface area (Å²) in [5.41, 5.74) is 2.97. The number of carbonyl (C=O) groups excluding carboxylic acids is 2. The molecule has 2 heterocycles. The molecule has 0 fully saturated rings. The second kappa shape index (κ2) is 8.57. The van der Waals surface area contributed by atoms with Crippen LogP contribution in [0.25, 0.3) is 11.3 Å². The summed E-state index contributed by atoms with van der Waals surface area (Å²) in [4.78, 5) is 23.3. The maximum absolute atomic E-state index is 11.7. The lowest BCUT2D eigenvalue weighted by atomic mass is 10.2. The minimum Gasteiger partial charge on any atom is -0.459 e. The van der Waals surface area contributed by atoms with E-state index in [0.29, 0.717) is 27.1 Å². The van der Waals surface area contributed by atoms with Gasteiger partial charge in [0.05, 0.1) is 24.0 Å². The molecule has 27 heavy (non-hydrogen) atoms. The van der Waals surface area contributed by atoms with Crippen molar-refractivity contribution in [1.29, 1.82) is 0 Å². The number of furan rings is 2. The third-order valence-electron chi connectivity index (χ3n) is 3.36. The third-order valence-corrected chi connectivity index (χ3v) is 3.91. The topological polar surface area (TPSA) is 96.8 Å². The first-order valence-corrected chi connectivity index (χ1v) is 8.47. The van der Waals surface area contributed by atoms with E-state index in [2.05, 4.69) is 15.8 Å². The van der Waals surface area contributed by atoms with E-state index in [4.69, 9.17) is 32.0 Å². The van der Waals surface area contributed by atoms with E-state index >= 15 is 0 Å². The Balaban J connectivity index is 1.52. The highest BCUT2D eigenvalue weighted by atomic mass is 35.5. The molecule has 0 aliphatic rings. The number of carbonyl (C=O) groups is 2. The van der Waals surface area contributed by atoms with Crippen LogP contribution < -0.4 is 10.7 Å². The van der Waals surface area contributed by atoms with Gasteiger partial charge in [0, 0.05) is 10.6 Å². The molecular weight excluding hydrogens is 393 g/mol. The van der Waals surface area contributed by atoms with Crippen molar-refractivity contribution in [2.75, 3.05) is 6.54 Å². The zero-order valence-corrected chi connectivity index (χ0v) is 15.3. The number of hydrazone groups is 1. The molecule has 9 heteroatoms. The van der Waals surface area contributed by atoms with Gasteiger partial charge in [0.25, 0.3) is 11.8 Å². The summed E-state index contributed by atoms with van der Waals surface area (Å²) >= 11 is 12.0. The molecule has 1 aromatic carbocycles. The Kier molecular flexibility index (Phi) is 5.95. The van der Waals surface area contributed by atoms with E-state index in [-0.39, 0.29) is 12.3 Å². The van der Waals surface area contributed by atoms with Gasteiger partial charge < -0.3 is 14.2 Å². The standard InChI is InChI=1S/C18H13Cl2N3O4/c19-11-3-5-13(14(20)8-11)15-6-4-12(27-15)9-22-23-17(24)10-21-18(25)16-2-1-7-26-16/h1-9H,10H2,(H,21,25)(H,23,24)/b22-9-. The molecule has 7 nitrogen and oxygen atoms in total. The van der Waals surface area contributed by atoms with Gasteiger partial charge >= 0.3 is 0 Å². The highest BCUT2D eigenvalue weighted by molar-refractivity contribution is 6.36. The van der Waals surface area contributed by atoms with Crippen molar-refractivity contribution in [3.63, 3.8) is 0 Å². The van der Waals surface area contributed by atoms with Gasteiger partial charge in [-0.15, -0.1) is 0 Å². The Bertz CT molecular complexity index is 980. The van der Waals surface area contributed by atoms with Gasteiger partial charge in [0.15, 0.2) is 5.76 Å². The molecule has 0 aliphatic carbocycles. The minimum absolute atomic E-state index is 0.121. The van der Waals surface area contributed by atoms with Crippen LogP contribution in [0.15, 0.2) is 62.7 Å². The second-order valence-corrected chi connectivity index (χ2v) is 6.12. The Morgan fingerprint density at radius 2 is 2.00 bits per heavy atom. The van der Waals surface area contributed by atoms with Crippen LogP contribution in [0.1, 0.15) is 16.3 Å². The Morgan fingerprint density at radius 3 is 2.74 bits per heavy atom. The molecular formula is C18H13Cl2N3O4. The summed E-state index contributed by atoms with van der Waals surface area (Å²) in [7, 11) is 0. The minimum atomic E-state index is -0.501. The third kappa shape index (κ3) is 4.99. The fraction of sp³-hybridized carbons (Fsp3) is 0.0556.